The molecule has 0 aromatic heterocycles. The molecule has 0 saturated carbocycles. The summed E-state index contributed by atoms with van der Waals surface area (Å²) in [6.45, 7) is 1.90. The molecule has 0 atom stereocenters. The number of rotatable bonds is 3. The van der Waals surface area contributed by atoms with Crippen LogP contribution < -0.4 is 15.4 Å². The third-order valence-electron chi connectivity index (χ3n) is 3.70. The van der Waals surface area contributed by atoms with Crippen LogP contribution in [0.25, 0.3) is 6.08 Å². The summed E-state index contributed by atoms with van der Waals surface area (Å²) < 4.78 is 6.08. The molecule has 3 rings (SSSR count). The molecule has 136 valence electrons. The Kier molecular flexibility index (Phi) is 5.18. The molecule has 2 aromatic rings. The standard InChI is InChI=1S/C19H13BrN2O5/c1-10-2-4-11(5-3-10)18(25)27-15-7-6-13(20)8-12(15)9-14-16(23)21-19(26)22-17(14)24/h2-9H,1H3,(H2,21,22,23,24,26). The molecule has 8 heteroatoms. The van der Waals surface area contributed by atoms with E-state index in [1.807, 2.05) is 17.6 Å². The molecule has 1 aliphatic heterocycles. The largest absolute Gasteiger partial charge is 0.422 e. The number of hydrogen-bond acceptors (Lipinski definition) is 5. The predicted molar refractivity (Wildman–Crippen MR) is 99.9 cm³/mol. The second-order valence-electron chi connectivity index (χ2n) is 5.73. The fourth-order valence-corrected chi connectivity index (χ4v) is 2.71. The zero-order valence-electron chi connectivity index (χ0n) is 14.0. The normalized spacial score (nSPS) is 13.7. The maximum Gasteiger partial charge on any atom is 0.343 e. The summed E-state index contributed by atoms with van der Waals surface area (Å²) in [6, 6.07) is 10.7. The van der Waals surface area contributed by atoms with Crippen molar-refractivity contribution in [3.8, 4) is 5.75 Å². The summed E-state index contributed by atoms with van der Waals surface area (Å²) in [4.78, 5) is 47.4. The van der Waals surface area contributed by atoms with E-state index in [9.17, 15) is 19.2 Å². The first-order valence-electron chi connectivity index (χ1n) is 7.80. The number of carbonyl (C=O) groups is 4. The fourth-order valence-electron chi connectivity index (χ4n) is 2.34. The molecular formula is C19H13BrN2O5. The number of benzene rings is 2. The molecular weight excluding hydrogens is 416 g/mol. The number of imide groups is 2. The van der Waals surface area contributed by atoms with Gasteiger partial charge in [-0.3, -0.25) is 20.2 Å². The van der Waals surface area contributed by atoms with Gasteiger partial charge in [-0.2, -0.15) is 0 Å². The van der Waals surface area contributed by atoms with E-state index in [-0.39, 0.29) is 11.3 Å². The number of carbonyl (C=O) groups excluding carboxylic acids is 4. The van der Waals surface area contributed by atoms with Gasteiger partial charge in [-0.05, 0) is 43.3 Å². The van der Waals surface area contributed by atoms with E-state index in [0.29, 0.717) is 15.6 Å². The first-order valence-corrected chi connectivity index (χ1v) is 8.59. The van der Waals surface area contributed by atoms with Crippen LogP contribution in [0.1, 0.15) is 21.5 Å². The van der Waals surface area contributed by atoms with E-state index in [2.05, 4.69) is 15.9 Å². The quantitative estimate of drug-likeness (QED) is 0.338. The van der Waals surface area contributed by atoms with Gasteiger partial charge in [0.1, 0.15) is 11.3 Å². The first kappa shape index (κ1) is 18.5. The minimum absolute atomic E-state index is 0.161. The van der Waals surface area contributed by atoms with Gasteiger partial charge in [0.25, 0.3) is 11.8 Å². The minimum Gasteiger partial charge on any atom is -0.422 e. The zero-order valence-corrected chi connectivity index (χ0v) is 15.6. The third kappa shape index (κ3) is 4.29. The number of amides is 4. The molecule has 0 aliphatic carbocycles. The van der Waals surface area contributed by atoms with Gasteiger partial charge >= 0.3 is 12.0 Å². The predicted octanol–water partition coefficient (Wildman–Crippen LogP) is 2.73. The van der Waals surface area contributed by atoms with Crippen molar-refractivity contribution < 1.29 is 23.9 Å². The van der Waals surface area contributed by atoms with E-state index in [1.165, 1.54) is 12.1 Å². The monoisotopic (exact) mass is 428 g/mol. The molecule has 0 radical (unpaired) electrons. The van der Waals surface area contributed by atoms with Crippen molar-refractivity contribution in [1.82, 2.24) is 10.6 Å². The number of nitrogens with one attached hydrogen (secondary N) is 2. The third-order valence-corrected chi connectivity index (χ3v) is 4.20. The number of halogens is 1. The minimum atomic E-state index is -0.887. The first-order chi connectivity index (χ1) is 12.8. The van der Waals surface area contributed by atoms with Gasteiger partial charge in [-0.15, -0.1) is 0 Å². The topological polar surface area (TPSA) is 102 Å². The van der Waals surface area contributed by atoms with E-state index in [4.69, 9.17) is 4.74 Å². The summed E-state index contributed by atoms with van der Waals surface area (Å²) in [7, 11) is 0. The van der Waals surface area contributed by atoms with Gasteiger partial charge in [0.05, 0.1) is 5.56 Å². The number of ether oxygens (including phenoxy) is 1. The number of urea groups is 1. The van der Waals surface area contributed by atoms with E-state index >= 15 is 0 Å². The highest BCUT2D eigenvalue weighted by Crippen LogP contribution is 2.27. The van der Waals surface area contributed by atoms with Crippen LogP contribution in [-0.2, 0) is 9.59 Å². The molecule has 1 heterocycles. The number of esters is 1. The lowest BCUT2D eigenvalue weighted by molar-refractivity contribution is -0.123. The van der Waals surface area contributed by atoms with Gasteiger partial charge < -0.3 is 4.74 Å². The molecule has 27 heavy (non-hydrogen) atoms. The lowest BCUT2D eigenvalue weighted by atomic mass is 10.1. The van der Waals surface area contributed by atoms with Crippen molar-refractivity contribution >= 4 is 45.8 Å². The summed E-state index contributed by atoms with van der Waals surface area (Å²) in [5.41, 5.74) is 1.41. The van der Waals surface area contributed by atoms with Crippen molar-refractivity contribution in [3.05, 3.63) is 69.2 Å². The van der Waals surface area contributed by atoms with Crippen LogP contribution in [0.15, 0.2) is 52.5 Å². The van der Waals surface area contributed by atoms with Crippen molar-refractivity contribution in [1.29, 1.82) is 0 Å². The van der Waals surface area contributed by atoms with Crippen LogP contribution in [0, 0.1) is 6.92 Å². The maximum atomic E-state index is 12.4. The highest BCUT2D eigenvalue weighted by Gasteiger charge is 2.28. The molecule has 0 unspecified atom stereocenters. The molecule has 1 saturated heterocycles. The molecule has 4 amide bonds. The Morgan fingerprint density at radius 1 is 1.00 bits per heavy atom. The number of hydrogen-bond donors (Lipinski definition) is 2. The number of barbiturate groups is 1. The van der Waals surface area contributed by atoms with Crippen LogP contribution in [0.2, 0.25) is 0 Å². The molecule has 1 aliphatic rings. The van der Waals surface area contributed by atoms with E-state index in [1.54, 1.807) is 36.4 Å². The Morgan fingerprint density at radius 3 is 2.26 bits per heavy atom. The second kappa shape index (κ2) is 7.55. The summed E-state index contributed by atoms with van der Waals surface area (Å²) >= 11 is 3.30. The Labute approximate surface area is 162 Å². The second-order valence-corrected chi connectivity index (χ2v) is 6.65. The number of aryl methyl sites for hydroxylation is 1. The SMILES string of the molecule is Cc1ccc(C(=O)Oc2ccc(Br)cc2C=C2C(=O)NC(=O)NC2=O)cc1. The van der Waals surface area contributed by atoms with Crippen LogP contribution in [0.5, 0.6) is 5.75 Å². The van der Waals surface area contributed by atoms with Gasteiger partial charge in [0.2, 0.25) is 0 Å². The smallest absolute Gasteiger partial charge is 0.343 e. The van der Waals surface area contributed by atoms with Crippen molar-refractivity contribution in [2.75, 3.05) is 0 Å². The van der Waals surface area contributed by atoms with E-state index in [0.717, 1.165) is 5.56 Å². The summed E-state index contributed by atoms with van der Waals surface area (Å²) in [5, 5.41) is 3.98. The van der Waals surface area contributed by atoms with Gasteiger partial charge in [0, 0.05) is 10.0 Å². The van der Waals surface area contributed by atoms with Crippen LogP contribution in [0.3, 0.4) is 0 Å². The van der Waals surface area contributed by atoms with Crippen molar-refractivity contribution in [2.45, 2.75) is 6.92 Å². The lowest BCUT2D eigenvalue weighted by Gasteiger charge is -2.15. The molecule has 2 aromatic carbocycles. The Bertz CT molecular complexity index is 974. The Morgan fingerprint density at radius 2 is 1.63 bits per heavy atom. The van der Waals surface area contributed by atoms with Crippen LogP contribution in [-0.4, -0.2) is 23.8 Å². The van der Waals surface area contributed by atoms with Gasteiger partial charge in [-0.1, -0.05) is 33.6 Å². The Balaban J connectivity index is 1.94. The van der Waals surface area contributed by atoms with Gasteiger partial charge in [0.15, 0.2) is 0 Å². The summed E-state index contributed by atoms with van der Waals surface area (Å²) in [5.74, 6) is -2.09. The van der Waals surface area contributed by atoms with E-state index < -0.39 is 23.8 Å². The van der Waals surface area contributed by atoms with Crippen LogP contribution in [0.4, 0.5) is 4.79 Å². The van der Waals surface area contributed by atoms with Crippen molar-refractivity contribution in [3.63, 3.8) is 0 Å². The molecule has 1 fully saturated rings. The average Bonchev–Trinajstić information content (AvgIpc) is 2.60. The lowest BCUT2D eigenvalue weighted by Crippen LogP contribution is -2.51. The molecule has 0 bridgehead atoms. The fraction of sp³-hybridized carbons (Fsp3) is 0.0526. The Hall–Kier alpha value is -3.26. The summed E-state index contributed by atoms with van der Waals surface area (Å²) in [6.07, 6.45) is 1.25. The van der Waals surface area contributed by atoms with Crippen LogP contribution >= 0.6 is 15.9 Å². The average molecular weight is 429 g/mol. The molecule has 7 nitrogen and oxygen atoms in total. The highest BCUT2D eigenvalue weighted by atomic mass is 79.9. The zero-order chi connectivity index (χ0) is 19.6. The molecule has 0 spiro atoms. The maximum absolute atomic E-state index is 12.4. The highest BCUT2D eigenvalue weighted by molar-refractivity contribution is 9.10. The molecule has 2 N–H and O–H groups in total. The van der Waals surface area contributed by atoms with Crippen molar-refractivity contribution in [2.24, 2.45) is 0 Å². The van der Waals surface area contributed by atoms with Gasteiger partial charge in [-0.25, -0.2) is 9.59 Å².